The molecule has 0 bridgehead atoms. The van der Waals surface area contributed by atoms with E-state index < -0.39 is 5.97 Å². The van der Waals surface area contributed by atoms with Gasteiger partial charge < -0.3 is 4.74 Å². The van der Waals surface area contributed by atoms with Crippen LogP contribution in [-0.4, -0.2) is 15.9 Å². The second-order valence-electron chi connectivity index (χ2n) is 6.56. The SMILES string of the molecule is CC(C)Cc1cnc(CC(C)C)c(OC(=O)c2ccccc2)n1. The van der Waals surface area contributed by atoms with E-state index >= 15 is 0 Å². The molecule has 0 saturated carbocycles. The monoisotopic (exact) mass is 312 g/mol. The number of ether oxygens (including phenoxy) is 1. The fraction of sp³-hybridized carbons (Fsp3) is 0.421. The Bertz CT molecular complexity index is 652. The van der Waals surface area contributed by atoms with Crippen molar-refractivity contribution in [3.05, 3.63) is 53.5 Å². The fourth-order valence-electron chi connectivity index (χ4n) is 2.28. The van der Waals surface area contributed by atoms with Crippen molar-refractivity contribution in [2.45, 2.75) is 40.5 Å². The van der Waals surface area contributed by atoms with Gasteiger partial charge in [-0.25, -0.2) is 9.78 Å². The third kappa shape index (κ3) is 5.16. The number of hydrogen-bond donors (Lipinski definition) is 0. The normalized spacial score (nSPS) is 11.0. The zero-order valence-corrected chi connectivity index (χ0v) is 14.2. The van der Waals surface area contributed by atoms with Crippen molar-refractivity contribution in [2.75, 3.05) is 0 Å². The molecule has 0 spiro atoms. The number of esters is 1. The first-order valence-corrected chi connectivity index (χ1v) is 8.07. The molecule has 0 aliphatic heterocycles. The molecule has 122 valence electrons. The highest BCUT2D eigenvalue weighted by Crippen LogP contribution is 2.20. The van der Waals surface area contributed by atoms with Gasteiger partial charge in [0.2, 0.25) is 5.88 Å². The summed E-state index contributed by atoms with van der Waals surface area (Å²) in [5.74, 6) is 0.824. The van der Waals surface area contributed by atoms with Crippen molar-refractivity contribution in [1.82, 2.24) is 9.97 Å². The molecule has 0 N–H and O–H groups in total. The van der Waals surface area contributed by atoms with E-state index in [-0.39, 0.29) is 0 Å². The van der Waals surface area contributed by atoms with Gasteiger partial charge in [-0.3, -0.25) is 4.98 Å². The van der Waals surface area contributed by atoms with Gasteiger partial charge in [0.15, 0.2) is 0 Å². The summed E-state index contributed by atoms with van der Waals surface area (Å²) in [6.45, 7) is 8.46. The second-order valence-corrected chi connectivity index (χ2v) is 6.56. The Morgan fingerprint density at radius 3 is 2.30 bits per heavy atom. The van der Waals surface area contributed by atoms with Gasteiger partial charge in [0, 0.05) is 6.20 Å². The molecule has 23 heavy (non-hydrogen) atoms. The zero-order valence-electron chi connectivity index (χ0n) is 14.2. The lowest BCUT2D eigenvalue weighted by Crippen LogP contribution is -2.14. The third-order valence-electron chi connectivity index (χ3n) is 3.28. The average molecular weight is 312 g/mol. The van der Waals surface area contributed by atoms with Crippen LogP contribution in [0.1, 0.15) is 49.4 Å². The molecule has 0 fully saturated rings. The maximum atomic E-state index is 12.3. The van der Waals surface area contributed by atoms with Crippen LogP contribution in [0.25, 0.3) is 0 Å². The highest BCUT2D eigenvalue weighted by molar-refractivity contribution is 5.90. The van der Waals surface area contributed by atoms with Gasteiger partial charge in [0.05, 0.1) is 11.3 Å². The summed E-state index contributed by atoms with van der Waals surface area (Å²) in [7, 11) is 0. The summed E-state index contributed by atoms with van der Waals surface area (Å²) in [5, 5.41) is 0. The van der Waals surface area contributed by atoms with Crippen LogP contribution < -0.4 is 4.74 Å². The molecule has 0 atom stereocenters. The minimum Gasteiger partial charge on any atom is -0.402 e. The predicted octanol–water partition coefficient (Wildman–Crippen LogP) is 4.09. The molecule has 2 aromatic rings. The predicted molar refractivity (Wildman–Crippen MR) is 90.5 cm³/mol. The van der Waals surface area contributed by atoms with Gasteiger partial charge in [-0.2, -0.15) is 0 Å². The first kappa shape index (κ1) is 17.1. The van der Waals surface area contributed by atoms with E-state index in [0.717, 1.165) is 24.2 Å². The van der Waals surface area contributed by atoms with Crippen LogP contribution in [0.15, 0.2) is 36.5 Å². The molecule has 2 rings (SSSR count). The summed E-state index contributed by atoms with van der Waals surface area (Å²) in [4.78, 5) is 21.3. The summed E-state index contributed by atoms with van der Waals surface area (Å²) in [6, 6.07) is 8.95. The maximum absolute atomic E-state index is 12.3. The maximum Gasteiger partial charge on any atom is 0.344 e. The van der Waals surface area contributed by atoms with Crippen LogP contribution in [0, 0.1) is 11.8 Å². The van der Waals surface area contributed by atoms with Gasteiger partial charge in [0.1, 0.15) is 5.69 Å². The van der Waals surface area contributed by atoms with E-state index in [4.69, 9.17) is 4.74 Å². The van der Waals surface area contributed by atoms with E-state index in [1.807, 2.05) is 18.2 Å². The Kier molecular flexibility index (Phi) is 5.85. The smallest absolute Gasteiger partial charge is 0.344 e. The van der Waals surface area contributed by atoms with E-state index in [1.54, 1.807) is 18.3 Å². The van der Waals surface area contributed by atoms with Gasteiger partial charge in [-0.1, -0.05) is 45.9 Å². The second kappa shape index (κ2) is 7.86. The summed E-state index contributed by atoms with van der Waals surface area (Å²) in [6.07, 6.45) is 3.33. The molecule has 0 aliphatic carbocycles. The Labute approximate surface area is 137 Å². The van der Waals surface area contributed by atoms with Crippen LogP contribution in [0.5, 0.6) is 5.88 Å². The number of carbonyl (C=O) groups excluding carboxylic acids is 1. The van der Waals surface area contributed by atoms with Crippen molar-refractivity contribution < 1.29 is 9.53 Å². The lowest BCUT2D eigenvalue weighted by molar-refractivity contribution is 0.0724. The van der Waals surface area contributed by atoms with Crippen LogP contribution >= 0.6 is 0 Å². The minimum atomic E-state index is -0.397. The quantitative estimate of drug-likeness (QED) is 0.754. The topological polar surface area (TPSA) is 52.1 Å². The Balaban J connectivity index is 2.27. The standard InChI is InChI=1S/C19H24N2O2/c1-13(2)10-16-12-20-17(11-14(3)4)18(21-16)23-19(22)15-8-6-5-7-9-15/h5-9,12-14H,10-11H2,1-4H3. The fourth-order valence-corrected chi connectivity index (χ4v) is 2.28. The molecule has 1 aromatic heterocycles. The van der Waals surface area contributed by atoms with Gasteiger partial charge in [-0.05, 0) is 36.8 Å². The molecule has 4 nitrogen and oxygen atoms in total. The van der Waals surface area contributed by atoms with E-state index in [2.05, 4.69) is 37.7 Å². The summed E-state index contributed by atoms with van der Waals surface area (Å²) < 4.78 is 5.54. The van der Waals surface area contributed by atoms with Crippen molar-refractivity contribution in [2.24, 2.45) is 11.8 Å². The van der Waals surface area contributed by atoms with Crippen molar-refractivity contribution in [3.63, 3.8) is 0 Å². The van der Waals surface area contributed by atoms with Crippen molar-refractivity contribution in [1.29, 1.82) is 0 Å². The first-order chi connectivity index (χ1) is 11.0. The third-order valence-corrected chi connectivity index (χ3v) is 3.28. The molecule has 1 aromatic carbocycles. The van der Waals surface area contributed by atoms with Gasteiger partial charge in [0.25, 0.3) is 0 Å². The lowest BCUT2D eigenvalue weighted by atomic mass is 10.1. The Hall–Kier alpha value is -2.23. The zero-order chi connectivity index (χ0) is 16.8. The number of carbonyl (C=O) groups is 1. The van der Waals surface area contributed by atoms with Crippen LogP contribution in [0.2, 0.25) is 0 Å². The summed E-state index contributed by atoms with van der Waals surface area (Å²) >= 11 is 0. The van der Waals surface area contributed by atoms with Crippen molar-refractivity contribution in [3.8, 4) is 5.88 Å². The molecular formula is C19H24N2O2. The molecule has 1 heterocycles. The molecule has 0 aliphatic rings. The Morgan fingerprint density at radius 2 is 1.70 bits per heavy atom. The minimum absolute atomic E-state index is 0.339. The van der Waals surface area contributed by atoms with Crippen LogP contribution in [-0.2, 0) is 12.8 Å². The van der Waals surface area contributed by atoms with E-state index in [1.165, 1.54) is 0 Å². The number of nitrogens with zero attached hydrogens (tertiary/aromatic N) is 2. The molecular weight excluding hydrogens is 288 g/mol. The lowest BCUT2D eigenvalue weighted by Gasteiger charge is -2.12. The average Bonchev–Trinajstić information content (AvgIpc) is 2.49. The number of aromatic nitrogens is 2. The number of benzene rings is 1. The molecule has 0 saturated heterocycles. The molecule has 0 amide bonds. The Morgan fingerprint density at radius 1 is 1.04 bits per heavy atom. The molecule has 0 radical (unpaired) electrons. The van der Waals surface area contributed by atoms with Gasteiger partial charge >= 0.3 is 5.97 Å². The largest absolute Gasteiger partial charge is 0.402 e. The van der Waals surface area contributed by atoms with Crippen LogP contribution in [0.3, 0.4) is 0 Å². The highest BCUT2D eigenvalue weighted by Gasteiger charge is 2.16. The summed E-state index contributed by atoms with van der Waals surface area (Å²) in [5.41, 5.74) is 2.10. The molecule has 4 heteroatoms. The number of hydrogen-bond acceptors (Lipinski definition) is 4. The van der Waals surface area contributed by atoms with Gasteiger partial charge in [-0.15, -0.1) is 0 Å². The van der Waals surface area contributed by atoms with E-state index in [0.29, 0.717) is 23.3 Å². The van der Waals surface area contributed by atoms with Crippen LogP contribution in [0.4, 0.5) is 0 Å². The van der Waals surface area contributed by atoms with E-state index in [9.17, 15) is 4.79 Å². The molecule has 0 unspecified atom stereocenters. The number of rotatable bonds is 6. The van der Waals surface area contributed by atoms with Crippen molar-refractivity contribution >= 4 is 5.97 Å². The first-order valence-electron chi connectivity index (χ1n) is 8.07. The highest BCUT2D eigenvalue weighted by atomic mass is 16.5.